The molecule has 0 spiro atoms. The lowest BCUT2D eigenvalue weighted by atomic mass is 9.71. The Morgan fingerprint density at radius 1 is 1.46 bits per heavy atom. The topological polar surface area (TPSA) is 29.1 Å². The maximum atomic E-state index is 12.1. The lowest BCUT2D eigenvalue weighted by Crippen LogP contribution is -2.39. The van der Waals surface area contributed by atoms with Gasteiger partial charge in [-0.15, -0.1) is 0 Å². The number of rotatable bonds is 3. The lowest BCUT2D eigenvalue weighted by Gasteiger charge is -2.31. The van der Waals surface area contributed by atoms with Crippen molar-refractivity contribution in [2.45, 2.75) is 33.1 Å². The summed E-state index contributed by atoms with van der Waals surface area (Å²) in [4.78, 5) is 12.1. The second-order valence-corrected chi connectivity index (χ2v) is 4.88. The number of hydrogen-bond donors (Lipinski definition) is 1. The van der Waals surface area contributed by atoms with Crippen LogP contribution in [0.1, 0.15) is 33.1 Å². The normalized spacial score (nSPS) is 34.1. The van der Waals surface area contributed by atoms with E-state index in [4.69, 9.17) is 0 Å². The van der Waals surface area contributed by atoms with E-state index in [0.717, 1.165) is 32.4 Å². The molecule has 0 aromatic rings. The standard InChI is InChI=1S/C11H19NO/c1-8(2)11(5-6-12-7-11)10(13)9-3-4-9/h8-9,12H,3-7H2,1-2H3. The van der Waals surface area contributed by atoms with E-state index in [1.54, 1.807) is 0 Å². The summed E-state index contributed by atoms with van der Waals surface area (Å²) in [5, 5.41) is 3.34. The first-order valence-corrected chi connectivity index (χ1v) is 5.42. The molecule has 2 nitrogen and oxygen atoms in total. The molecule has 2 rings (SSSR count). The Balaban J connectivity index is 2.16. The van der Waals surface area contributed by atoms with Crippen LogP contribution in [-0.2, 0) is 4.79 Å². The minimum atomic E-state index is -0.0127. The highest BCUT2D eigenvalue weighted by molar-refractivity contribution is 5.89. The molecule has 1 aliphatic heterocycles. The average Bonchev–Trinajstić information content (AvgIpc) is 2.81. The molecule has 1 aliphatic carbocycles. The summed E-state index contributed by atoms with van der Waals surface area (Å²) >= 11 is 0. The first-order valence-electron chi connectivity index (χ1n) is 5.42. The Morgan fingerprint density at radius 3 is 2.54 bits per heavy atom. The smallest absolute Gasteiger partial charge is 0.143 e. The highest BCUT2D eigenvalue weighted by Crippen LogP contribution is 2.44. The van der Waals surface area contributed by atoms with Gasteiger partial charge in [-0.25, -0.2) is 0 Å². The molecule has 1 atom stereocenters. The first kappa shape index (κ1) is 9.20. The van der Waals surface area contributed by atoms with Crippen molar-refractivity contribution >= 4 is 5.78 Å². The van der Waals surface area contributed by atoms with Crippen molar-refractivity contribution in [2.75, 3.05) is 13.1 Å². The summed E-state index contributed by atoms with van der Waals surface area (Å²) < 4.78 is 0. The van der Waals surface area contributed by atoms with E-state index < -0.39 is 0 Å². The Labute approximate surface area is 80.1 Å². The van der Waals surface area contributed by atoms with Crippen molar-refractivity contribution in [3.05, 3.63) is 0 Å². The van der Waals surface area contributed by atoms with Gasteiger partial charge in [-0.1, -0.05) is 13.8 Å². The van der Waals surface area contributed by atoms with Gasteiger partial charge in [0, 0.05) is 17.9 Å². The minimum Gasteiger partial charge on any atom is -0.316 e. The van der Waals surface area contributed by atoms with Crippen molar-refractivity contribution in [3.8, 4) is 0 Å². The molecule has 13 heavy (non-hydrogen) atoms. The van der Waals surface area contributed by atoms with Gasteiger partial charge in [0.05, 0.1) is 0 Å². The van der Waals surface area contributed by atoms with E-state index in [0.29, 0.717) is 17.6 Å². The number of Topliss-reactive ketones (excluding diaryl/α,β-unsaturated/α-hetero) is 1. The third kappa shape index (κ3) is 1.41. The molecule has 0 aromatic heterocycles. The fourth-order valence-electron chi connectivity index (χ4n) is 2.45. The Morgan fingerprint density at radius 2 is 2.15 bits per heavy atom. The van der Waals surface area contributed by atoms with E-state index in [1.165, 1.54) is 0 Å². The lowest BCUT2D eigenvalue weighted by molar-refractivity contribution is -0.131. The van der Waals surface area contributed by atoms with Gasteiger partial charge < -0.3 is 5.32 Å². The largest absolute Gasteiger partial charge is 0.316 e. The van der Waals surface area contributed by atoms with E-state index in [-0.39, 0.29) is 5.41 Å². The van der Waals surface area contributed by atoms with Crippen molar-refractivity contribution in [1.82, 2.24) is 5.32 Å². The van der Waals surface area contributed by atoms with E-state index in [1.807, 2.05) is 0 Å². The zero-order valence-electron chi connectivity index (χ0n) is 8.60. The van der Waals surface area contributed by atoms with Gasteiger partial charge >= 0.3 is 0 Å². The quantitative estimate of drug-likeness (QED) is 0.716. The van der Waals surface area contributed by atoms with Crippen LogP contribution in [0.25, 0.3) is 0 Å². The fraction of sp³-hybridized carbons (Fsp3) is 0.909. The second kappa shape index (κ2) is 3.09. The van der Waals surface area contributed by atoms with Crippen molar-refractivity contribution < 1.29 is 4.79 Å². The van der Waals surface area contributed by atoms with Gasteiger partial charge in [-0.05, 0) is 31.7 Å². The van der Waals surface area contributed by atoms with Crippen LogP contribution in [0.15, 0.2) is 0 Å². The molecular formula is C11H19NO. The van der Waals surface area contributed by atoms with Crippen LogP contribution < -0.4 is 5.32 Å². The summed E-state index contributed by atoms with van der Waals surface area (Å²) in [6, 6.07) is 0. The SMILES string of the molecule is CC(C)C1(C(=O)C2CC2)CCNC1. The third-order valence-electron chi connectivity index (χ3n) is 3.73. The number of nitrogens with one attached hydrogen (secondary N) is 1. The molecule has 1 heterocycles. The number of carbonyl (C=O) groups excluding carboxylic acids is 1. The van der Waals surface area contributed by atoms with Crippen molar-refractivity contribution in [3.63, 3.8) is 0 Å². The van der Waals surface area contributed by atoms with E-state index >= 15 is 0 Å². The van der Waals surface area contributed by atoms with Crippen LogP contribution in [0.5, 0.6) is 0 Å². The van der Waals surface area contributed by atoms with E-state index in [9.17, 15) is 4.79 Å². The summed E-state index contributed by atoms with van der Waals surface area (Å²) in [6.07, 6.45) is 3.35. The summed E-state index contributed by atoms with van der Waals surface area (Å²) in [5.41, 5.74) is -0.0127. The number of ketones is 1. The molecule has 1 N–H and O–H groups in total. The average molecular weight is 181 g/mol. The Kier molecular flexibility index (Phi) is 2.18. The molecule has 0 bridgehead atoms. The van der Waals surface area contributed by atoms with Crippen LogP contribution >= 0.6 is 0 Å². The van der Waals surface area contributed by atoms with Crippen LogP contribution in [0, 0.1) is 17.3 Å². The van der Waals surface area contributed by atoms with Crippen LogP contribution in [0.4, 0.5) is 0 Å². The van der Waals surface area contributed by atoms with Gasteiger partial charge in [0.1, 0.15) is 5.78 Å². The van der Waals surface area contributed by atoms with Gasteiger partial charge in [-0.3, -0.25) is 4.79 Å². The summed E-state index contributed by atoms with van der Waals surface area (Å²) in [5.74, 6) is 1.46. The van der Waals surface area contributed by atoms with Gasteiger partial charge in [0.2, 0.25) is 0 Å². The molecule has 1 saturated heterocycles. The zero-order valence-corrected chi connectivity index (χ0v) is 8.60. The molecule has 1 saturated carbocycles. The molecule has 2 aliphatic rings. The molecule has 0 amide bonds. The highest BCUT2D eigenvalue weighted by atomic mass is 16.1. The minimum absolute atomic E-state index is 0.0127. The van der Waals surface area contributed by atoms with Crippen LogP contribution in [-0.4, -0.2) is 18.9 Å². The molecule has 0 radical (unpaired) electrons. The molecule has 74 valence electrons. The number of hydrogen-bond acceptors (Lipinski definition) is 2. The predicted molar refractivity (Wildman–Crippen MR) is 52.5 cm³/mol. The van der Waals surface area contributed by atoms with E-state index in [2.05, 4.69) is 19.2 Å². The van der Waals surface area contributed by atoms with Gasteiger partial charge in [0.15, 0.2) is 0 Å². The van der Waals surface area contributed by atoms with Crippen LogP contribution in [0.3, 0.4) is 0 Å². The predicted octanol–water partition coefficient (Wildman–Crippen LogP) is 1.60. The third-order valence-corrected chi connectivity index (χ3v) is 3.73. The van der Waals surface area contributed by atoms with Crippen molar-refractivity contribution in [2.24, 2.45) is 17.3 Å². The highest BCUT2D eigenvalue weighted by Gasteiger charge is 2.48. The summed E-state index contributed by atoms with van der Waals surface area (Å²) in [6.45, 7) is 6.32. The van der Waals surface area contributed by atoms with Crippen molar-refractivity contribution in [1.29, 1.82) is 0 Å². The van der Waals surface area contributed by atoms with Crippen LogP contribution in [0.2, 0.25) is 0 Å². The Hall–Kier alpha value is -0.370. The second-order valence-electron chi connectivity index (χ2n) is 4.88. The Bertz CT molecular complexity index is 212. The molecule has 1 unspecified atom stereocenters. The van der Waals surface area contributed by atoms with Gasteiger partial charge in [0.25, 0.3) is 0 Å². The maximum Gasteiger partial charge on any atom is 0.143 e. The fourth-order valence-corrected chi connectivity index (χ4v) is 2.45. The molecule has 2 heteroatoms. The molecule has 0 aromatic carbocycles. The molecule has 2 fully saturated rings. The van der Waals surface area contributed by atoms with Gasteiger partial charge in [-0.2, -0.15) is 0 Å². The molecular weight excluding hydrogens is 162 g/mol. The number of carbonyl (C=O) groups is 1. The maximum absolute atomic E-state index is 12.1. The first-order chi connectivity index (χ1) is 6.17. The zero-order chi connectivity index (χ0) is 9.47. The monoisotopic (exact) mass is 181 g/mol. The summed E-state index contributed by atoms with van der Waals surface area (Å²) in [7, 11) is 0.